The highest BCUT2D eigenvalue weighted by molar-refractivity contribution is 9.10. The third-order valence-corrected chi connectivity index (χ3v) is 4.44. The minimum Gasteiger partial charge on any atom is -0.444 e. The molecule has 1 atom stereocenters. The molecule has 1 heterocycles. The summed E-state index contributed by atoms with van der Waals surface area (Å²) in [7, 11) is 0. The molecule has 0 bridgehead atoms. The van der Waals surface area contributed by atoms with Crippen molar-refractivity contribution < 1.29 is 22.7 Å². The van der Waals surface area contributed by atoms with E-state index < -0.39 is 17.3 Å². The summed E-state index contributed by atoms with van der Waals surface area (Å²) in [6, 6.07) is 3.98. The lowest BCUT2D eigenvalue weighted by Crippen LogP contribution is -2.43. The van der Waals surface area contributed by atoms with Crippen molar-refractivity contribution in [1.29, 1.82) is 0 Å². The van der Waals surface area contributed by atoms with Crippen molar-refractivity contribution in [2.75, 3.05) is 13.1 Å². The summed E-state index contributed by atoms with van der Waals surface area (Å²) in [5, 5.41) is 0. The first-order valence-electron chi connectivity index (χ1n) is 8.28. The maximum Gasteiger partial charge on any atom is 0.416 e. The van der Waals surface area contributed by atoms with E-state index in [0.717, 1.165) is 18.9 Å². The monoisotopic (exact) mass is 421 g/mol. The van der Waals surface area contributed by atoms with E-state index >= 15 is 0 Å². The summed E-state index contributed by atoms with van der Waals surface area (Å²) in [6.07, 6.45) is -2.52. The zero-order valence-corrected chi connectivity index (χ0v) is 16.2. The molecule has 0 aromatic heterocycles. The Balaban J connectivity index is 2.05. The van der Waals surface area contributed by atoms with Crippen LogP contribution >= 0.6 is 15.9 Å². The standard InChI is InChI=1S/C18H23BrF3NO2/c1-17(2,3)25-16(24)23-6-4-5-12(11-23)7-13-8-14(18(20,21)22)10-15(19)9-13/h8-10,12H,4-7,11H2,1-3H3/t12-/m0/s1. The minimum absolute atomic E-state index is 0.122. The number of carbonyl (C=O) groups is 1. The summed E-state index contributed by atoms with van der Waals surface area (Å²) < 4.78 is 44.7. The Morgan fingerprint density at radius 2 is 1.96 bits per heavy atom. The van der Waals surface area contributed by atoms with Crippen LogP contribution in [0.4, 0.5) is 18.0 Å². The maximum atomic E-state index is 13.0. The molecule has 1 saturated heterocycles. The van der Waals surface area contributed by atoms with Gasteiger partial charge in [-0.05, 0) is 69.7 Å². The van der Waals surface area contributed by atoms with Crippen LogP contribution in [0.2, 0.25) is 0 Å². The lowest BCUT2D eigenvalue weighted by molar-refractivity contribution is -0.137. The summed E-state index contributed by atoms with van der Waals surface area (Å²) >= 11 is 3.15. The first-order chi connectivity index (χ1) is 11.4. The van der Waals surface area contributed by atoms with Crippen molar-refractivity contribution in [2.45, 2.75) is 51.8 Å². The van der Waals surface area contributed by atoms with Gasteiger partial charge in [-0.25, -0.2) is 4.79 Å². The summed E-state index contributed by atoms with van der Waals surface area (Å²) in [6.45, 7) is 6.56. The van der Waals surface area contributed by atoms with Gasteiger partial charge in [-0.3, -0.25) is 0 Å². The van der Waals surface area contributed by atoms with Crippen LogP contribution < -0.4 is 0 Å². The number of amides is 1. The van der Waals surface area contributed by atoms with Gasteiger partial charge in [0, 0.05) is 17.6 Å². The Labute approximate surface area is 154 Å². The smallest absolute Gasteiger partial charge is 0.416 e. The fraction of sp³-hybridized carbons (Fsp3) is 0.611. The molecule has 1 aromatic carbocycles. The van der Waals surface area contributed by atoms with Crippen LogP contribution in [0.15, 0.2) is 22.7 Å². The van der Waals surface area contributed by atoms with Crippen LogP contribution in [0.25, 0.3) is 0 Å². The highest BCUT2D eigenvalue weighted by Gasteiger charge is 2.32. The van der Waals surface area contributed by atoms with E-state index in [1.165, 1.54) is 6.07 Å². The average Bonchev–Trinajstić information content (AvgIpc) is 2.44. The van der Waals surface area contributed by atoms with Gasteiger partial charge >= 0.3 is 12.3 Å². The predicted octanol–water partition coefficient (Wildman–Crippen LogP) is 5.66. The summed E-state index contributed by atoms with van der Waals surface area (Å²) in [5.41, 5.74) is -0.593. The highest BCUT2D eigenvalue weighted by Crippen LogP contribution is 2.33. The van der Waals surface area contributed by atoms with Gasteiger partial charge in [0.1, 0.15) is 5.60 Å². The summed E-state index contributed by atoms with van der Waals surface area (Å²) in [5.74, 6) is 0.122. The van der Waals surface area contributed by atoms with Crippen LogP contribution in [0.3, 0.4) is 0 Å². The predicted molar refractivity (Wildman–Crippen MR) is 93.4 cm³/mol. The first-order valence-corrected chi connectivity index (χ1v) is 9.08. The molecule has 0 radical (unpaired) electrons. The number of rotatable bonds is 2. The van der Waals surface area contributed by atoms with E-state index in [4.69, 9.17) is 4.74 Å². The van der Waals surface area contributed by atoms with Gasteiger partial charge < -0.3 is 9.64 Å². The van der Waals surface area contributed by atoms with E-state index in [0.29, 0.717) is 29.5 Å². The zero-order valence-electron chi connectivity index (χ0n) is 14.6. The molecule has 0 saturated carbocycles. The molecule has 0 unspecified atom stereocenters. The zero-order chi connectivity index (χ0) is 18.8. The van der Waals surface area contributed by atoms with Gasteiger partial charge in [-0.2, -0.15) is 13.2 Å². The number of alkyl halides is 3. The molecular formula is C18H23BrF3NO2. The van der Waals surface area contributed by atoms with Crippen LogP contribution in [0, 0.1) is 5.92 Å². The van der Waals surface area contributed by atoms with Gasteiger partial charge in [0.15, 0.2) is 0 Å². The molecule has 1 aliphatic rings. The van der Waals surface area contributed by atoms with Crippen molar-refractivity contribution in [3.8, 4) is 0 Å². The average molecular weight is 422 g/mol. The number of hydrogen-bond acceptors (Lipinski definition) is 2. The fourth-order valence-electron chi connectivity index (χ4n) is 2.99. The fourth-order valence-corrected chi connectivity index (χ4v) is 3.53. The maximum absolute atomic E-state index is 13.0. The summed E-state index contributed by atoms with van der Waals surface area (Å²) in [4.78, 5) is 13.9. The van der Waals surface area contributed by atoms with E-state index in [-0.39, 0.29) is 12.0 Å². The molecule has 1 aliphatic heterocycles. The Bertz CT molecular complexity index is 626. The number of nitrogens with zero attached hydrogens (tertiary/aromatic N) is 1. The van der Waals surface area contributed by atoms with Crippen molar-refractivity contribution >= 4 is 22.0 Å². The molecule has 1 aromatic rings. The van der Waals surface area contributed by atoms with Gasteiger partial charge in [-0.15, -0.1) is 0 Å². The molecule has 0 aliphatic carbocycles. The van der Waals surface area contributed by atoms with Gasteiger partial charge in [0.2, 0.25) is 0 Å². The number of carbonyl (C=O) groups excluding carboxylic acids is 1. The number of piperidine rings is 1. The van der Waals surface area contributed by atoms with E-state index in [1.54, 1.807) is 11.0 Å². The SMILES string of the molecule is CC(C)(C)OC(=O)N1CCC[C@@H](Cc2cc(Br)cc(C(F)(F)F)c2)C1. The third-order valence-electron chi connectivity index (χ3n) is 3.98. The Morgan fingerprint density at radius 1 is 1.28 bits per heavy atom. The van der Waals surface area contributed by atoms with Crippen molar-refractivity contribution in [3.05, 3.63) is 33.8 Å². The Kier molecular flexibility index (Phi) is 6.07. The van der Waals surface area contributed by atoms with Crippen LogP contribution in [0.5, 0.6) is 0 Å². The molecule has 25 heavy (non-hydrogen) atoms. The lowest BCUT2D eigenvalue weighted by Gasteiger charge is -2.34. The third kappa shape index (κ3) is 6.20. The van der Waals surface area contributed by atoms with Crippen LogP contribution in [0.1, 0.15) is 44.7 Å². The molecule has 0 N–H and O–H groups in total. The lowest BCUT2D eigenvalue weighted by atomic mass is 9.91. The van der Waals surface area contributed by atoms with Crippen LogP contribution in [-0.2, 0) is 17.3 Å². The van der Waals surface area contributed by atoms with Crippen molar-refractivity contribution in [3.63, 3.8) is 0 Å². The Hall–Kier alpha value is -1.24. The second kappa shape index (κ2) is 7.56. The number of likely N-dealkylation sites (tertiary alicyclic amines) is 1. The van der Waals surface area contributed by atoms with E-state index in [9.17, 15) is 18.0 Å². The van der Waals surface area contributed by atoms with Crippen molar-refractivity contribution in [2.24, 2.45) is 5.92 Å². The first kappa shape index (κ1) is 20.1. The second-order valence-corrected chi connectivity index (χ2v) is 8.40. The molecule has 1 fully saturated rings. The molecule has 140 valence electrons. The normalized spacial score (nSPS) is 19.0. The van der Waals surface area contributed by atoms with E-state index in [1.807, 2.05) is 20.8 Å². The van der Waals surface area contributed by atoms with E-state index in [2.05, 4.69) is 15.9 Å². The highest BCUT2D eigenvalue weighted by atomic mass is 79.9. The number of benzene rings is 1. The number of halogens is 4. The van der Waals surface area contributed by atoms with Gasteiger partial charge in [0.05, 0.1) is 5.56 Å². The van der Waals surface area contributed by atoms with Crippen LogP contribution in [-0.4, -0.2) is 29.7 Å². The molecule has 2 rings (SSSR count). The topological polar surface area (TPSA) is 29.5 Å². The molecule has 0 spiro atoms. The molecule has 3 nitrogen and oxygen atoms in total. The minimum atomic E-state index is -4.37. The van der Waals surface area contributed by atoms with Crippen molar-refractivity contribution in [1.82, 2.24) is 4.90 Å². The quantitative estimate of drug-likeness (QED) is 0.616. The molecule has 1 amide bonds. The molecule has 7 heteroatoms. The second-order valence-electron chi connectivity index (χ2n) is 7.48. The number of ether oxygens (including phenoxy) is 1. The molecular weight excluding hydrogens is 399 g/mol. The number of hydrogen-bond donors (Lipinski definition) is 0. The van der Waals surface area contributed by atoms with Gasteiger partial charge in [0.25, 0.3) is 0 Å². The Morgan fingerprint density at radius 3 is 2.56 bits per heavy atom. The van der Waals surface area contributed by atoms with Gasteiger partial charge in [-0.1, -0.05) is 15.9 Å². The largest absolute Gasteiger partial charge is 0.444 e.